The summed E-state index contributed by atoms with van der Waals surface area (Å²) in [4.78, 5) is 0. The highest BCUT2D eigenvalue weighted by atomic mass is 35.5. The molecule has 0 aliphatic rings. The molecule has 0 radical (unpaired) electrons. The van der Waals surface area contributed by atoms with Crippen LogP contribution in [0.15, 0.2) is 6.07 Å². The smallest absolute Gasteiger partial charge is 0.157 e. The molecule has 1 aromatic rings. The van der Waals surface area contributed by atoms with Gasteiger partial charge in [0.25, 0.3) is 0 Å². The first-order valence-electron chi connectivity index (χ1n) is 3.65. The van der Waals surface area contributed by atoms with Gasteiger partial charge in [-0.1, -0.05) is 23.2 Å². The average molecular weight is 232 g/mol. The SMILES string of the molecule is COc1cc(C#N)c(OC)c(Cl)c1Cl. The molecule has 0 N–H and O–H groups in total. The molecule has 0 amide bonds. The van der Waals surface area contributed by atoms with Crippen LogP contribution in [0.1, 0.15) is 5.56 Å². The van der Waals surface area contributed by atoms with Crippen LogP contribution in [0.25, 0.3) is 0 Å². The monoisotopic (exact) mass is 231 g/mol. The Kier molecular flexibility index (Phi) is 3.45. The molecule has 74 valence electrons. The van der Waals surface area contributed by atoms with Crippen molar-refractivity contribution in [2.75, 3.05) is 14.2 Å². The van der Waals surface area contributed by atoms with E-state index >= 15 is 0 Å². The standard InChI is InChI=1S/C9H7Cl2NO2/c1-13-6-3-5(4-12)9(14-2)8(11)7(6)10/h3H,1-2H3. The van der Waals surface area contributed by atoms with Crippen LogP contribution in [-0.2, 0) is 0 Å². The number of methoxy groups -OCH3 is 2. The molecule has 0 atom stereocenters. The Bertz CT molecular complexity index is 399. The predicted octanol–water partition coefficient (Wildman–Crippen LogP) is 2.88. The molecule has 0 fully saturated rings. The van der Waals surface area contributed by atoms with E-state index in [9.17, 15) is 0 Å². The molecule has 0 aliphatic heterocycles. The van der Waals surface area contributed by atoms with E-state index in [1.165, 1.54) is 20.3 Å². The van der Waals surface area contributed by atoms with Gasteiger partial charge < -0.3 is 9.47 Å². The zero-order chi connectivity index (χ0) is 10.7. The number of benzene rings is 1. The molecule has 0 spiro atoms. The summed E-state index contributed by atoms with van der Waals surface area (Å²) in [5.74, 6) is 0.619. The first kappa shape index (κ1) is 11.0. The number of rotatable bonds is 2. The lowest BCUT2D eigenvalue weighted by Crippen LogP contribution is -1.93. The molecule has 0 aliphatic carbocycles. The summed E-state index contributed by atoms with van der Waals surface area (Å²) >= 11 is 11.7. The van der Waals surface area contributed by atoms with Crippen molar-refractivity contribution in [2.24, 2.45) is 0 Å². The summed E-state index contributed by atoms with van der Waals surface area (Å²) in [7, 11) is 2.87. The van der Waals surface area contributed by atoms with Gasteiger partial charge >= 0.3 is 0 Å². The highest BCUT2D eigenvalue weighted by Crippen LogP contribution is 2.41. The van der Waals surface area contributed by atoms with E-state index in [0.29, 0.717) is 11.3 Å². The summed E-state index contributed by atoms with van der Waals surface area (Å²) in [5.41, 5.74) is 0.291. The summed E-state index contributed by atoms with van der Waals surface area (Å²) in [6.45, 7) is 0. The van der Waals surface area contributed by atoms with Crippen molar-refractivity contribution in [1.82, 2.24) is 0 Å². The van der Waals surface area contributed by atoms with E-state index in [2.05, 4.69) is 0 Å². The number of ether oxygens (including phenoxy) is 2. The third-order valence-electron chi connectivity index (χ3n) is 1.67. The molecule has 14 heavy (non-hydrogen) atoms. The first-order chi connectivity index (χ1) is 6.65. The first-order valence-corrected chi connectivity index (χ1v) is 4.41. The van der Waals surface area contributed by atoms with Crippen molar-refractivity contribution >= 4 is 23.2 Å². The van der Waals surface area contributed by atoms with Gasteiger partial charge in [-0.3, -0.25) is 0 Å². The van der Waals surface area contributed by atoms with E-state index in [1.807, 2.05) is 6.07 Å². The van der Waals surface area contributed by atoms with Gasteiger partial charge in [-0.15, -0.1) is 0 Å². The van der Waals surface area contributed by atoms with Crippen molar-refractivity contribution < 1.29 is 9.47 Å². The van der Waals surface area contributed by atoms with Crippen molar-refractivity contribution in [3.05, 3.63) is 21.7 Å². The number of hydrogen-bond acceptors (Lipinski definition) is 3. The fourth-order valence-electron chi connectivity index (χ4n) is 1.02. The summed E-state index contributed by atoms with van der Waals surface area (Å²) < 4.78 is 9.90. The van der Waals surface area contributed by atoms with Crippen molar-refractivity contribution in [1.29, 1.82) is 5.26 Å². The third-order valence-corrected chi connectivity index (χ3v) is 2.51. The van der Waals surface area contributed by atoms with E-state index < -0.39 is 0 Å². The van der Waals surface area contributed by atoms with Crippen molar-refractivity contribution in [3.63, 3.8) is 0 Å². The fraction of sp³-hybridized carbons (Fsp3) is 0.222. The van der Waals surface area contributed by atoms with Gasteiger partial charge in [0.1, 0.15) is 21.9 Å². The molecule has 0 heterocycles. The minimum absolute atomic E-state index is 0.185. The molecule has 0 unspecified atom stereocenters. The minimum atomic E-state index is 0.185. The van der Waals surface area contributed by atoms with Gasteiger partial charge in [0.2, 0.25) is 0 Å². The topological polar surface area (TPSA) is 42.2 Å². The Morgan fingerprint density at radius 3 is 2.29 bits per heavy atom. The molecule has 3 nitrogen and oxygen atoms in total. The largest absolute Gasteiger partial charge is 0.495 e. The molecular formula is C9H7Cl2NO2. The molecule has 0 bridgehead atoms. The second kappa shape index (κ2) is 4.41. The van der Waals surface area contributed by atoms with Crippen LogP contribution in [0.5, 0.6) is 11.5 Å². The number of nitrogens with zero attached hydrogens (tertiary/aromatic N) is 1. The molecular weight excluding hydrogens is 225 g/mol. The molecule has 1 rings (SSSR count). The van der Waals surface area contributed by atoms with Crippen LogP contribution in [0.3, 0.4) is 0 Å². The van der Waals surface area contributed by atoms with Gasteiger partial charge in [-0.25, -0.2) is 0 Å². The normalized spacial score (nSPS) is 9.36. The van der Waals surface area contributed by atoms with E-state index in [4.69, 9.17) is 37.9 Å². The van der Waals surface area contributed by atoms with Gasteiger partial charge in [-0.2, -0.15) is 5.26 Å². The molecule has 1 aromatic carbocycles. The second-order valence-electron chi connectivity index (χ2n) is 2.40. The van der Waals surface area contributed by atoms with Crippen LogP contribution in [0, 0.1) is 11.3 Å². The lowest BCUT2D eigenvalue weighted by Gasteiger charge is -2.10. The maximum atomic E-state index is 8.80. The highest BCUT2D eigenvalue weighted by molar-refractivity contribution is 6.44. The Hall–Kier alpha value is -1.11. The Morgan fingerprint density at radius 1 is 1.21 bits per heavy atom. The maximum Gasteiger partial charge on any atom is 0.157 e. The Balaban J connectivity index is 3.48. The second-order valence-corrected chi connectivity index (χ2v) is 3.16. The minimum Gasteiger partial charge on any atom is -0.495 e. The predicted molar refractivity (Wildman–Crippen MR) is 54.3 cm³/mol. The zero-order valence-electron chi connectivity index (χ0n) is 7.60. The maximum absolute atomic E-state index is 8.80. The Morgan fingerprint density at radius 2 is 1.86 bits per heavy atom. The van der Waals surface area contributed by atoms with Crippen LogP contribution < -0.4 is 9.47 Å². The van der Waals surface area contributed by atoms with Crippen molar-refractivity contribution in [3.8, 4) is 17.6 Å². The quantitative estimate of drug-likeness (QED) is 0.787. The number of halogens is 2. The number of hydrogen-bond donors (Lipinski definition) is 0. The highest BCUT2D eigenvalue weighted by Gasteiger charge is 2.16. The molecule has 0 saturated heterocycles. The molecule has 5 heteroatoms. The summed E-state index contributed by atoms with van der Waals surface area (Å²) in [6.07, 6.45) is 0. The van der Waals surface area contributed by atoms with Gasteiger partial charge in [-0.05, 0) is 0 Å². The molecule has 0 saturated carbocycles. The lowest BCUT2D eigenvalue weighted by atomic mass is 10.2. The van der Waals surface area contributed by atoms with Crippen LogP contribution in [0.2, 0.25) is 10.0 Å². The van der Waals surface area contributed by atoms with Gasteiger partial charge in [0, 0.05) is 6.07 Å². The lowest BCUT2D eigenvalue weighted by molar-refractivity contribution is 0.402. The fourth-order valence-corrected chi connectivity index (χ4v) is 1.51. The third kappa shape index (κ3) is 1.72. The number of nitriles is 1. The van der Waals surface area contributed by atoms with Gasteiger partial charge in [0.05, 0.1) is 19.8 Å². The van der Waals surface area contributed by atoms with Gasteiger partial charge in [0.15, 0.2) is 5.75 Å². The molecule has 0 aromatic heterocycles. The van der Waals surface area contributed by atoms with E-state index in [1.54, 1.807) is 0 Å². The zero-order valence-corrected chi connectivity index (χ0v) is 9.11. The van der Waals surface area contributed by atoms with E-state index in [-0.39, 0.29) is 15.8 Å². The summed E-state index contributed by atoms with van der Waals surface area (Å²) in [6, 6.07) is 3.42. The van der Waals surface area contributed by atoms with Crippen LogP contribution >= 0.6 is 23.2 Å². The van der Waals surface area contributed by atoms with Crippen LogP contribution in [-0.4, -0.2) is 14.2 Å². The van der Waals surface area contributed by atoms with Crippen molar-refractivity contribution in [2.45, 2.75) is 0 Å². The summed E-state index contributed by atoms with van der Waals surface area (Å²) in [5, 5.41) is 9.22. The van der Waals surface area contributed by atoms with Crippen LogP contribution in [0.4, 0.5) is 0 Å². The Labute approximate surface area is 91.8 Å². The average Bonchev–Trinajstić information content (AvgIpc) is 2.21. The van der Waals surface area contributed by atoms with E-state index in [0.717, 1.165) is 0 Å².